The number of hydrogen-bond acceptors (Lipinski definition) is 5. The maximum Gasteiger partial charge on any atom is 0.270 e. The number of aromatic nitrogens is 1. The van der Waals surface area contributed by atoms with Crippen molar-refractivity contribution >= 4 is 40.4 Å². The van der Waals surface area contributed by atoms with Crippen molar-refractivity contribution in [1.29, 1.82) is 0 Å². The van der Waals surface area contributed by atoms with Gasteiger partial charge >= 0.3 is 0 Å². The fraction of sp³-hybridized carbons (Fsp3) is 0.567. The molecule has 2 saturated heterocycles. The van der Waals surface area contributed by atoms with Gasteiger partial charge < -0.3 is 30.7 Å². The molecular weight excluding hydrogens is 562 g/mol. The summed E-state index contributed by atoms with van der Waals surface area (Å²) in [4.78, 5) is 70.9. The van der Waals surface area contributed by atoms with Crippen LogP contribution in [0.1, 0.15) is 75.3 Å². The van der Waals surface area contributed by atoms with Gasteiger partial charge in [0.1, 0.15) is 17.8 Å². The van der Waals surface area contributed by atoms with E-state index < -0.39 is 29.8 Å². The molecule has 0 spiro atoms. The van der Waals surface area contributed by atoms with E-state index in [0.717, 1.165) is 26.2 Å². The number of carbonyl (C=O) groups is 5. The Hall–Kier alpha value is -4.03. The molecule has 0 bridgehead atoms. The van der Waals surface area contributed by atoms with Gasteiger partial charge in [0.25, 0.3) is 11.8 Å². The van der Waals surface area contributed by atoms with E-state index >= 15 is 0 Å². The first-order valence-corrected chi connectivity index (χ1v) is 14.8. The van der Waals surface area contributed by atoms with E-state index in [0.29, 0.717) is 36.7 Å². The summed E-state index contributed by atoms with van der Waals surface area (Å²) in [5.41, 5.74) is 0.366. The van der Waals surface area contributed by atoms with Gasteiger partial charge in [0, 0.05) is 68.5 Å². The van der Waals surface area contributed by atoms with Gasteiger partial charge in [-0.3, -0.25) is 24.0 Å². The van der Waals surface area contributed by atoms with Crippen molar-refractivity contribution in [2.75, 3.05) is 13.1 Å². The Morgan fingerprint density at radius 1 is 0.953 bits per heavy atom. The second-order valence-corrected chi connectivity index (χ2v) is 12.0. The van der Waals surface area contributed by atoms with Crippen molar-refractivity contribution in [2.24, 2.45) is 0 Å². The van der Waals surface area contributed by atoms with Gasteiger partial charge in [0.15, 0.2) is 0 Å². The number of H-pyrrole nitrogens is 1. The van der Waals surface area contributed by atoms with Crippen LogP contribution in [-0.4, -0.2) is 87.6 Å². The number of alkyl halides is 2. The van der Waals surface area contributed by atoms with Crippen LogP contribution in [0, 0.1) is 0 Å². The van der Waals surface area contributed by atoms with E-state index in [4.69, 9.17) is 0 Å². The van der Waals surface area contributed by atoms with Crippen molar-refractivity contribution in [3.63, 3.8) is 0 Å². The maximum absolute atomic E-state index is 14.0. The molecule has 1 aromatic carbocycles. The number of aromatic amines is 1. The van der Waals surface area contributed by atoms with Crippen LogP contribution in [0.15, 0.2) is 24.3 Å². The molecule has 1 aliphatic carbocycles. The lowest BCUT2D eigenvalue weighted by Crippen LogP contribution is -2.61. The molecule has 5 atom stereocenters. The molecule has 3 aliphatic rings. The highest BCUT2D eigenvalue weighted by molar-refractivity contribution is 6.01. The third kappa shape index (κ3) is 6.50. The highest BCUT2D eigenvalue weighted by Crippen LogP contribution is 2.31. The molecule has 13 heteroatoms. The monoisotopic (exact) mass is 600 g/mol. The van der Waals surface area contributed by atoms with E-state index in [1.165, 1.54) is 43.0 Å². The van der Waals surface area contributed by atoms with Gasteiger partial charge in [-0.15, -0.1) is 0 Å². The van der Waals surface area contributed by atoms with Crippen molar-refractivity contribution in [3.8, 4) is 0 Å². The molecular formula is C30H38F2N6O5. The van der Waals surface area contributed by atoms with Gasteiger partial charge in [0.2, 0.25) is 23.6 Å². The maximum atomic E-state index is 14.0. The third-order valence-electron chi connectivity index (χ3n) is 8.85. The number of amides is 5. The summed E-state index contributed by atoms with van der Waals surface area (Å²) >= 11 is 0. The standard InChI is InChI=1S/C30H38F2N6O5/c1-16(39)33-22-5-4-6-23(22)35-28(42)26-10-8-20-11-12-37(17(2)40)15-25(29(43)38(20)26)36-27(41)24-14-18-13-19(30(3,31)32)7-9-21(18)34-24/h7,9,13-14,20,22-23,25-26,34H,4-6,8,10-12,15H2,1-3H3,(H,33,39)(H,35,42)(H,36,41)/t20-,22+,23+,25?,26+/m1/s1. The third-order valence-corrected chi connectivity index (χ3v) is 8.85. The second-order valence-electron chi connectivity index (χ2n) is 12.0. The van der Waals surface area contributed by atoms with Crippen LogP contribution < -0.4 is 16.0 Å². The molecule has 3 heterocycles. The summed E-state index contributed by atoms with van der Waals surface area (Å²) < 4.78 is 27.7. The van der Waals surface area contributed by atoms with Crippen LogP contribution in [0.4, 0.5) is 8.78 Å². The van der Waals surface area contributed by atoms with Crippen molar-refractivity contribution in [3.05, 3.63) is 35.5 Å². The molecule has 4 N–H and O–H groups in total. The van der Waals surface area contributed by atoms with Crippen molar-refractivity contribution in [1.82, 2.24) is 30.7 Å². The number of halogens is 2. The molecule has 232 valence electrons. The predicted octanol–water partition coefficient (Wildman–Crippen LogP) is 2.16. The fourth-order valence-electron chi connectivity index (χ4n) is 6.63. The Kier molecular flexibility index (Phi) is 8.44. The van der Waals surface area contributed by atoms with Crippen LogP contribution in [0.25, 0.3) is 10.9 Å². The van der Waals surface area contributed by atoms with Gasteiger partial charge in [-0.1, -0.05) is 6.07 Å². The summed E-state index contributed by atoms with van der Waals surface area (Å²) in [6.07, 6.45) is 3.84. The number of hydrogen-bond donors (Lipinski definition) is 4. The highest BCUT2D eigenvalue weighted by atomic mass is 19.3. The van der Waals surface area contributed by atoms with Crippen LogP contribution in [0.3, 0.4) is 0 Å². The van der Waals surface area contributed by atoms with Gasteiger partial charge in [-0.2, -0.15) is 0 Å². The minimum atomic E-state index is -3.05. The molecule has 5 amide bonds. The smallest absolute Gasteiger partial charge is 0.270 e. The fourth-order valence-corrected chi connectivity index (χ4v) is 6.63. The lowest BCUT2D eigenvalue weighted by molar-refractivity contribution is -0.145. The SMILES string of the molecule is CC(=O)N[C@H]1CCC[C@@H]1NC(=O)[C@@H]1CC[C@@H]2CCN(C(C)=O)CC(NC(=O)c3cc4cc(C(C)(F)F)ccc4[nH]3)C(=O)N21. The number of rotatable bonds is 6. The molecule has 5 rings (SSSR count). The highest BCUT2D eigenvalue weighted by Gasteiger charge is 2.46. The molecule has 1 unspecified atom stereocenters. The summed E-state index contributed by atoms with van der Waals surface area (Å²) in [5.74, 6) is -4.85. The summed E-state index contributed by atoms with van der Waals surface area (Å²) in [5, 5.41) is 9.09. The van der Waals surface area contributed by atoms with Crippen LogP contribution in [0.5, 0.6) is 0 Å². The van der Waals surface area contributed by atoms with Crippen LogP contribution in [-0.2, 0) is 25.1 Å². The molecule has 0 radical (unpaired) electrons. The Bertz CT molecular complexity index is 1440. The van der Waals surface area contributed by atoms with E-state index in [1.54, 1.807) is 4.90 Å². The topological polar surface area (TPSA) is 144 Å². The van der Waals surface area contributed by atoms with E-state index in [1.807, 2.05) is 0 Å². The normalized spacial score (nSPS) is 26.1. The summed E-state index contributed by atoms with van der Waals surface area (Å²) in [6.45, 7) is 3.92. The van der Waals surface area contributed by atoms with Crippen LogP contribution in [0.2, 0.25) is 0 Å². The summed E-state index contributed by atoms with van der Waals surface area (Å²) in [7, 11) is 0. The zero-order valence-electron chi connectivity index (χ0n) is 24.5. The lowest BCUT2D eigenvalue weighted by atomic mass is 10.1. The minimum absolute atomic E-state index is 0.0723. The zero-order chi connectivity index (χ0) is 31.1. The number of benzene rings is 1. The predicted molar refractivity (Wildman–Crippen MR) is 153 cm³/mol. The van der Waals surface area contributed by atoms with E-state index in [2.05, 4.69) is 20.9 Å². The molecule has 1 aromatic heterocycles. The second kappa shape index (κ2) is 11.9. The minimum Gasteiger partial charge on any atom is -0.352 e. The van der Waals surface area contributed by atoms with E-state index in [-0.39, 0.29) is 53.6 Å². The van der Waals surface area contributed by atoms with Crippen molar-refractivity contribution < 1.29 is 32.8 Å². The lowest BCUT2D eigenvalue weighted by Gasteiger charge is -2.38. The molecule has 11 nitrogen and oxygen atoms in total. The number of nitrogens with one attached hydrogen (secondary N) is 4. The molecule has 43 heavy (non-hydrogen) atoms. The van der Waals surface area contributed by atoms with Gasteiger partial charge in [-0.05, 0) is 56.7 Å². The van der Waals surface area contributed by atoms with Gasteiger partial charge in [0.05, 0.1) is 0 Å². The van der Waals surface area contributed by atoms with E-state index in [9.17, 15) is 32.8 Å². The Balaban J connectivity index is 1.36. The quantitative estimate of drug-likeness (QED) is 0.402. The Morgan fingerprint density at radius 3 is 2.35 bits per heavy atom. The Labute approximate surface area is 248 Å². The summed E-state index contributed by atoms with van der Waals surface area (Å²) in [6, 6.07) is 2.92. The molecule has 1 saturated carbocycles. The van der Waals surface area contributed by atoms with Gasteiger partial charge in [-0.25, -0.2) is 8.78 Å². The first-order valence-electron chi connectivity index (χ1n) is 14.8. The Morgan fingerprint density at radius 2 is 1.67 bits per heavy atom. The van der Waals surface area contributed by atoms with Crippen LogP contribution >= 0.6 is 0 Å². The molecule has 2 aromatic rings. The van der Waals surface area contributed by atoms with Crippen molar-refractivity contribution in [2.45, 2.75) is 95.4 Å². The molecule has 3 fully saturated rings. The number of fused-ring (bicyclic) bond motifs is 2. The largest absolute Gasteiger partial charge is 0.352 e. The number of carbonyl (C=O) groups excluding carboxylic acids is 5. The molecule has 2 aliphatic heterocycles. The average molecular weight is 601 g/mol. The first kappa shape index (κ1) is 30.4. The first-order chi connectivity index (χ1) is 20.3. The average Bonchev–Trinajstić information content (AvgIpc) is 3.66. The zero-order valence-corrected chi connectivity index (χ0v) is 24.5. The number of nitrogens with zero attached hydrogens (tertiary/aromatic N) is 2.